The Kier molecular flexibility index (Phi) is 8.32. The number of aliphatic hydroxyl groups excluding tert-OH is 1. The van der Waals surface area contributed by atoms with E-state index in [1.54, 1.807) is 0 Å². The zero-order valence-corrected chi connectivity index (χ0v) is 20.2. The van der Waals surface area contributed by atoms with Crippen molar-refractivity contribution in [3.8, 4) is 23.2 Å². The van der Waals surface area contributed by atoms with E-state index in [0.29, 0.717) is 24.5 Å². The van der Waals surface area contributed by atoms with Crippen LogP contribution in [-0.4, -0.2) is 38.3 Å². The summed E-state index contributed by atoms with van der Waals surface area (Å²) in [6, 6.07) is 17.8. The van der Waals surface area contributed by atoms with Crippen molar-refractivity contribution in [2.45, 2.75) is 50.4 Å². The van der Waals surface area contributed by atoms with Gasteiger partial charge in [0.05, 0.1) is 18.6 Å². The lowest BCUT2D eigenvalue weighted by Crippen LogP contribution is -2.20. The Hall–Kier alpha value is -3.08. The summed E-state index contributed by atoms with van der Waals surface area (Å²) in [4.78, 5) is 0. The van der Waals surface area contributed by atoms with Crippen LogP contribution in [-0.2, 0) is 18.4 Å². The normalized spacial score (nSPS) is 12.2. The van der Waals surface area contributed by atoms with Gasteiger partial charge in [0.1, 0.15) is 12.4 Å². The van der Waals surface area contributed by atoms with Crippen molar-refractivity contribution in [3.63, 3.8) is 0 Å². The van der Waals surface area contributed by atoms with Crippen molar-refractivity contribution < 1.29 is 9.84 Å². The SMILES string of the molecule is C=CCn1c(SC[C@@H](O)COc2ccc(CC#N)cc2)nnc1-c1ccc(C(C)(C)C)cc1. The predicted octanol–water partition coefficient (Wildman–Crippen LogP) is 5.03. The van der Waals surface area contributed by atoms with Crippen LogP contribution in [0.5, 0.6) is 5.75 Å². The van der Waals surface area contributed by atoms with Crippen LogP contribution in [0, 0.1) is 11.3 Å². The molecular weight excluding hydrogens is 432 g/mol. The molecule has 1 atom stereocenters. The zero-order valence-electron chi connectivity index (χ0n) is 19.4. The minimum atomic E-state index is -0.669. The van der Waals surface area contributed by atoms with Gasteiger partial charge in [0.2, 0.25) is 0 Å². The van der Waals surface area contributed by atoms with Crippen LogP contribution in [0.25, 0.3) is 11.4 Å². The van der Waals surface area contributed by atoms with E-state index in [0.717, 1.165) is 22.1 Å². The fourth-order valence-electron chi connectivity index (χ4n) is 3.23. The first-order chi connectivity index (χ1) is 15.8. The second-order valence-electron chi connectivity index (χ2n) is 8.79. The lowest BCUT2D eigenvalue weighted by atomic mass is 9.87. The van der Waals surface area contributed by atoms with Gasteiger partial charge in [0.25, 0.3) is 0 Å². The van der Waals surface area contributed by atoms with Crippen LogP contribution >= 0.6 is 11.8 Å². The zero-order chi connectivity index (χ0) is 23.8. The van der Waals surface area contributed by atoms with Crippen molar-refractivity contribution in [1.82, 2.24) is 14.8 Å². The van der Waals surface area contributed by atoms with Gasteiger partial charge in [0, 0.05) is 17.9 Å². The van der Waals surface area contributed by atoms with E-state index in [9.17, 15) is 5.11 Å². The molecule has 0 aliphatic carbocycles. The minimum Gasteiger partial charge on any atom is -0.491 e. The number of nitrogens with zero attached hydrogens (tertiary/aromatic N) is 4. The van der Waals surface area contributed by atoms with Crippen molar-refractivity contribution in [3.05, 3.63) is 72.3 Å². The molecule has 1 heterocycles. The first kappa shape index (κ1) is 24.6. The summed E-state index contributed by atoms with van der Waals surface area (Å²) in [5.41, 5.74) is 3.28. The number of rotatable bonds is 10. The Balaban J connectivity index is 1.62. The number of hydrogen-bond donors (Lipinski definition) is 1. The molecule has 0 bridgehead atoms. The molecule has 0 aliphatic rings. The van der Waals surface area contributed by atoms with Gasteiger partial charge in [0.15, 0.2) is 11.0 Å². The fraction of sp³-hybridized carbons (Fsp3) is 0.346. The Bertz CT molecular complexity index is 1090. The third kappa shape index (κ3) is 6.70. The highest BCUT2D eigenvalue weighted by molar-refractivity contribution is 7.99. The number of ether oxygens (including phenoxy) is 1. The molecule has 3 rings (SSSR count). The van der Waals surface area contributed by atoms with Gasteiger partial charge >= 0.3 is 0 Å². The summed E-state index contributed by atoms with van der Waals surface area (Å²) in [6.45, 7) is 11.2. The molecule has 172 valence electrons. The average Bonchev–Trinajstić information content (AvgIpc) is 3.20. The topological polar surface area (TPSA) is 84.0 Å². The van der Waals surface area contributed by atoms with Crippen molar-refractivity contribution in [2.75, 3.05) is 12.4 Å². The molecule has 0 amide bonds. The van der Waals surface area contributed by atoms with Gasteiger partial charge in [-0.25, -0.2) is 0 Å². The molecule has 0 radical (unpaired) electrons. The molecule has 6 nitrogen and oxygen atoms in total. The minimum absolute atomic E-state index is 0.0885. The summed E-state index contributed by atoms with van der Waals surface area (Å²) >= 11 is 1.44. The van der Waals surface area contributed by atoms with Crippen LogP contribution in [0.1, 0.15) is 31.9 Å². The lowest BCUT2D eigenvalue weighted by Gasteiger charge is -2.19. The Morgan fingerprint density at radius 1 is 1.15 bits per heavy atom. The van der Waals surface area contributed by atoms with Crippen molar-refractivity contribution in [1.29, 1.82) is 5.26 Å². The lowest BCUT2D eigenvalue weighted by molar-refractivity contribution is 0.126. The summed E-state index contributed by atoms with van der Waals surface area (Å²) in [7, 11) is 0. The van der Waals surface area contributed by atoms with Crippen molar-refractivity contribution in [2.24, 2.45) is 0 Å². The van der Waals surface area contributed by atoms with E-state index in [1.807, 2.05) is 34.9 Å². The number of aliphatic hydroxyl groups is 1. The number of benzene rings is 2. The Morgan fingerprint density at radius 3 is 2.45 bits per heavy atom. The average molecular weight is 463 g/mol. The standard InChI is InChI=1S/C26H30N4O2S/c1-5-16-30-24(20-8-10-21(11-9-20)26(2,3)4)28-29-25(30)33-18-22(31)17-32-23-12-6-19(7-13-23)14-15-27/h5-13,22,31H,1,14,16-18H2,2-4H3/t22-/m0/s1. The fourth-order valence-corrected chi connectivity index (χ4v) is 4.08. The van der Waals surface area contributed by atoms with E-state index < -0.39 is 6.10 Å². The third-order valence-corrected chi connectivity index (χ3v) is 6.20. The van der Waals surface area contributed by atoms with Crippen LogP contribution < -0.4 is 4.74 Å². The molecule has 33 heavy (non-hydrogen) atoms. The maximum Gasteiger partial charge on any atom is 0.191 e. The predicted molar refractivity (Wildman–Crippen MR) is 132 cm³/mol. The molecule has 1 N–H and O–H groups in total. The van der Waals surface area contributed by atoms with Gasteiger partial charge in [-0.3, -0.25) is 4.57 Å². The van der Waals surface area contributed by atoms with Gasteiger partial charge in [-0.05, 0) is 28.7 Å². The highest BCUT2D eigenvalue weighted by Crippen LogP contribution is 2.28. The quantitative estimate of drug-likeness (QED) is 0.336. The number of thioether (sulfide) groups is 1. The molecule has 0 aliphatic heterocycles. The third-order valence-electron chi connectivity index (χ3n) is 5.09. The molecule has 0 unspecified atom stereocenters. The molecule has 7 heteroatoms. The first-order valence-electron chi connectivity index (χ1n) is 10.9. The summed E-state index contributed by atoms with van der Waals surface area (Å²) in [5, 5.41) is 28.6. The highest BCUT2D eigenvalue weighted by Gasteiger charge is 2.17. The largest absolute Gasteiger partial charge is 0.491 e. The summed E-state index contributed by atoms with van der Waals surface area (Å²) in [5.74, 6) is 1.86. The van der Waals surface area contributed by atoms with Crippen LogP contribution in [0.4, 0.5) is 0 Å². The number of allylic oxidation sites excluding steroid dienone is 1. The van der Waals surface area contributed by atoms with E-state index in [-0.39, 0.29) is 12.0 Å². The van der Waals surface area contributed by atoms with Crippen molar-refractivity contribution >= 4 is 11.8 Å². The second kappa shape index (κ2) is 11.2. The molecule has 0 saturated carbocycles. The van der Waals surface area contributed by atoms with E-state index in [2.05, 4.69) is 67.9 Å². The summed E-state index contributed by atoms with van der Waals surface area (Å²) in [6.07, 6.45) is 1.51. The second-order valence-corrected chi connectivity index (χ2v) is 9.77. The Morgan fingerprint density at radius 2 is 1.85 bits per heavy atom. The number of hydrogen-bond acceptors (Lipinski definition) is 6. The van der Waals surface area contributed by atoms with Crippen LogP contribution in [0.15, 0.2) is 66.3 Å². The van der Waals surface area contributed by atoms with E-state index >= 15 is 0 Å². The van der Waals surface area contributed by atoms with Crippen LogP contribution in [0.3, 0.4) is 0 Å². The molecule has 3 aromatic rings. The molecule has 0 spiro atoms. The van der Waals surface area contributed by atoms with Gasteiger partial charge in [-0.1, -0.05) is 75.0 Å². The first-order valence-corrected chi connectivity index (χ1v) is 11.8. The molecule has 2 aromatic carbocycles. The maximum atomic E-state index is 10.4. The van der Waals surface area contributed by atoms with Gasteiger partial charge in [-0.2, -0.15) is 5.26 Å². The Labute approximate surface area is 199 Å². The molecule has 0 saturated heterocycles. The van der Waals surface area contributed by atoms with Crippen LogP contribution in [0.2, 0.25) is 0 Å². The molecule has 1 aromatic heterocycles. The van der Waals surface area contributed by atoms with Gasteiger partial charge in [-0.15, -0.1) is 16.8 Å². The monoisotopic (exact) mass is 462 g/mol. The molecule has 0 fully saturated rings. The van der Waals surface area contributed by atoms with Gasteiger partial charge < -0.3 is 9.84 Å². The molecular formula is C26H30N4O2S. The number of nitriles is 1. The number of aromatic nitrogens is 3. The van der Waals surface area contributed by atoms with E-state index in [1.165, 1.54) is 17.3 Å². The smallest absolute Gasteiger partial charge is 0.191 e. The summed E-state index contributed by atoms with van der Waals surface area (Å²) < 4.78 is 7.68. The highest BCUT2D eigenvalue weighted by atomic mass is 32.2. The van der Waals surface area contributed by atoms with E-state index in [4.69, 9.17) is 10.00 Å². The maximum absolute atomic E-state index is 10.4.